The molecule has 182 valence electrons. The lowest BCUT2D eigenvalue weighted by atomic mass is 10.0. The van der Waals surface area contributed by atoms with E-state index in [2.05, 4.69) is 5.32 Å². The first-order chi connectivity index (χ1) is 16.7. The van der Waals surface area contributed by atoms with E-state index in [0.717, 1.165) is 0 Å². The van der Waals surface area contributed by atoms with Gasteiger partial charge in [0, 0.05) is 12.0 Å². The summed E-state index contributed by atoms with van der Waals surface area (Å²) in [5.41, 5.74) is 1.52. The maximum absolute atomic E-state index is 12.8. The van der Waals surface area contributed by atoms with Gasteiger partial charge in [-0.05, 0) is 35.9 Å². The molecule has 2 aliphatic rings. The minimum Gasteiger partial charge on any atom is -0.491 e. The van der Waals surface area contributed by atoms with Gasteiger partial charge in [0.2, 0.25) is 10.0 Å². The largest absolute Gasteiger partial charge is 0.491 e. The second-order valence-corrected chi connectivity index (χ2v) is 11.3. The third kappa shape index (κ3) is 4.59. The number of carbonyl (C=O) groups is 2. The van der Waals surface area contributed by atoms with Gasteiger partial charge in [-0.2, -0.15) is 0 Å². The molecular formula is C23H20ClN3O6S2. The Morgan fingerprint density at radius 3 is 2.74 bits per heavy atom. The van der Waals surface area contributed by atoms with E-state index in [-0.39, 0.29) is 23.4 Å². The first-order valence-electron chi connectivity index (χ1n) is 10.6. The molecule has 2 amide bonds. The number of amides is 2. The van der Waals surface area contributed by atoms with E-state index >= 15 is 0 Å². The molecule has 3 N–H and O–H groups in total. The molecule has 2 aromatic carbocycles. The van der Waals surface area contributed by atoms with Crippen LogP contribution in [0.15, 0.2) is 59.5 Å². The fraction of sp³-hybridized carbons (Fsp3) is 0.217. The lowest BCUT2D eigenvalue weighted by Gasteiger charge is -2.22. The van der Waals surface area contributed by atoms with Crippen LogP contribution in [0.4, 0.5) is 10.5 Å². The molecule has 3 aromatic rings. The highest BCUT2D eigenvalue weighted by Crippen LogP contribution is 2.41. The molecule has 3 heterocycles. The van der Waals surface area contributed by atoms with Gasteiger partial charge in [-0.15, -0.1) is 11.3 Å². The van der Waals surface area contributed by atoms with Crippen LogP contribution in [0.2, 0.25) is 4.34 Å². The Morgan fingerprint density at radius 2 is 2.00 bits per heavy atom. The Labute approximate surface area is 210 Å². The third-order valence-corrected chi connectivity index (χ3v) is 8.06. The van der Waals surface area contributed by atoms with E-state index in [9.17, 15) is 18.0 Å². The SMILES string of the molecule is NS(=O)(=O)c1ccccc1-c1ccc2c(c1)OCC[C@H]1[C@H](CNC(=O)c3ccc(Cl)s3)OC(=O)N21. The summed E-state index contributed by atoms with van der Waals surface area (Å²) in [5, 5.41) is 8.19. The summed E-state index contributed by atoms with van der Waals surface area (Å²) in [4.78, 5) is 27.2. The van der Waals surface area contributed by atoms with Gasteiger partial charge in [0.1, 0.15) is 11.9 Å². The Kier molecular flexibility index (Phi) is 6.18. The average molecular weight is 534 g/mol. The van der Waals surface area contributed by atoms with Crippen LogP contribution in [0.3, 0.4) is 0 Å². The van der Waals surface area contributed by atoms with Gasteiger partial charge in [-0.3, -0.25) is 9.69 Å². The molecule has 1 saturated heterocycles. The van der Waals surface area contributed by atoms with Crippen molar-refractivity contribution in [1.82, 2.24) is 5.32 Å². The summed E-state index contributed by atoms with van der Waals surface area (Å²) < 4.78 is 36.1. The number of rotatable bonds is 5. The number of hydrogen-bond acceptors (Lipinski definition) is 7. The number of hydrogen-bond donors (Lipinski definition) is 2. The second kappa shape index (κ2) is 9.15. The second-order valence-electron chi connectivity index (χ2n) is 8.03. The number of primary sulfonamides is 1. The van der Waals surface area contributed by atoms with Crippen LogP contribution in [0.1, 0.15) is 16.1 Å². The van der Waals surface area contributed by atoms with E-state index in [1.54, 1.807) is 48.5 Å². The predicted molar refractivity (Wildman–Crippen MR) is 132 cm³/mol. The lowest BCUT2D eigenvalue weighted by molar-refractivity contribution is 0.0901. The van der Waals surface area contributed by atoms with Gasteiger partial charge >= 0.3 is 6.09 Å². The third-order valence-electron chi connectivity index (χ3n) is 5.87. The number of anilines is 1. The van der Waals surface area contributed by atoms with Gasteiger partial charge in [0.15, 0.2) is 0 Å². The molecule has 9 nitrogen and oxygen atoms in total. The van der Waals surface area contributed by atoms with E-state index in [4.69, 9.17) is 26.2 Å². The number of sulfonamides is 1. The van der Waals surface area contributed by atoms with Crippen molar-refractivity contribution in [2.45, 2.75) is 23.5 Å². The van der Waals surface area contributed by atoms with Gasteiger partial charge in [-0.25, -0.2) is 18.4 Å². The molecule has 5 rings (SSSR count). The summed E-state index contributed by atoms with van der Waals surface area (Å²) in [5.74, 6) is 0.129. The van der Waals surface area contributed by atoms with Crippen molar-refractivity contribution in [3.05, 3.63) is 63.8 Å². The molecule has 0 radical (unpaired) electrons. The number of nitrogens with one attached hydrogen (secondary N) is 1. The van der Waals surface area contributed by atoms with Crippen LogP contribution < -0.4 is 20.1 Å². The number of nitrogens with two attached hydrogens (primary N) is 1. The zero-order valence-corrected chi connectivity index (χ0v) is 20.5. The molecule has 2 atom stereocenters. The first-order valence-corrected chi connectivity index (χ1v) is 13.4. The van der Waals surface area contributed by atoms with Crippen molar-refractivity contribution < 1.29 is 27.5 Å². The molecule has 1 fully saturated rings. The molecule has 0 unspecified atom stereocenters. The minimum absolute atomic E-state index is 0.00476. The normalized spacial score (nSPS) is 19.3. The van der Waals surface area contributed by atoms with Gasteiger partial charge < -0.3 is 14.8 Å². The summed E-state index contributed by atoms with van der Waals surface area (Å²) in [7, 11) is -3.94. The molecular weight excluding hydrogens is 514 g/mol. The molecule has 35 heavy (non-hydrogen) atoms. The zero-order chi connectivity index (χ0) is 24.7. The molecule has 1 aromatic heterocycles. The fourth-order valence-electron chi connectivity index (χ4n) is 4.29. The zero-order valence-electron chi connectivity index (χ0n) is 18.1. The molecule has 0 bridgehead atoms. The van der Waals surface area contributed by atoms with Crippen molar-refractivity contribution in [3.63, 3.8) is 0 Å². The highest BCUT2D eigenvalue weighted by Gasteiger charge is 2.45. The predicted octanol–water partition coefficient (Wildman–Crippen LogP) is 3.62. The van der Waals surface area contributed by atoms with E-state index in [0.29, 0.717) is 44.8 Å². The van der Waals surface area contributed by atoms with Gasteiger partial charge in [0.25, 0.3) is 5.91 Å². The Bertz CT molecular complexity index is 1420. The first kappa shape index (κ1) is 23.6. The van der Waals surface area contributed by atoms with Crippen molar-refractivity contribution in [3.8, 4) is 16.9 Å². The van der Waals surface area contributed by atoms with Crippen LogP contribution in [-0.2, 0) is 14.8 Å². The van der Waals surface area contributed by atoms with Gasteiger partial charge in [0.05, 0.1) is 39.0 Å². The number of ether oxygens (including phenoxy) is 2. The topological polar surface area (TPSA) is 128 Å². The summed E-state index contributed by atoms with van der Waals surface area (Å²) in [6, 6.07) is 14.4. The molecule has 0 saturated carbocycles. The Hall–Kier alpha value is -3.12. The van der Waals surface area contributed by atoms with Crippen molar-refractivity contribution >= 4 is 50.6 Å². The van der Waals surface area contributed by atoms with E-state index in [1.807, 2.05) is 0 Å². The number of nitrogens with zero attached hydrogens (tertiary/aromatic N) is 1. The van der Waals surface area contributed by atoms with Gasteiger partial charge in [-0.1, -0.05) is 35.9 Å². The summed E-state index contributed by atoms with van der Waals surface area (Å²) in [6.45, 7) is 0.437. The standard InChI is InChI=1S/C23H20ClN3O6S2/c24-21-8-7-19(34-21)22(28)26-12-18-16-9-10-32-17-11-13(5-6-15(17)27(16)23(29)33-18)14-3-1-2-4-20(14)35(25,30)31/h1-8,11,16,18H,9-10,12H2,(H,26,28)(H2,25,30,31)/t16-,18-/m0/s1. The number of cyclic esters (lactones) is 1. The quantitative estimate of drug-likeness (QED) is 0.515. The highest BCUT2D eigenvalue weighted by atomic mass is 35.5. The van der Waals surface area contributed by atoms with Crippen LogP contribution in [0.5, 0.6) is 5.75 Å². The Morgan fingerprint density at radius 1 is 1.20 bits per heavy atom. The minimum atomic E-state index is -3.94. The number of carbonyl (C=O) groups excluding carboxylic acids is 2. The monoisotopic (exact) mass is 533 g/mol. The molecule has 2 aliphatic heterocycles. The maximum atomic E-state index is 12.8. The number of benzene rings is 2. The summed E-state index contributed by atoms with van der Waals surface area (Å²) in [6.07, 6.45) is -0.633. The lowest BCUT2D eigenvalue weighted by Crippen LogP contribution is -2.42. The van der Waals surface area contributed by atoms with Crippen LogP contribution in [0, 0.1) is 0 Å². The average Bonchev–Trinajstić information content (AvgIpc) is 3.33. The number of halogens is 1. The van der Waals surface area contributed by atoms with Crippen molar-refractivity contribution in [2.75, 3.05) is 18.1 Å². The smallest absolute Gasteiger partial charge is 0.415 e. The van der Waals surface area contributed by atoms with Crippen molar-refractivity contribution in [1.29, 1.82) is 0 Å². The van der Waals surface area contributed by atoms with Crippen molar-refractivity contribution in [2.24, 2.45) is 5.14 Å². The molecule has 0 spiro atoms. The number of thiophene rings is 1. The molecule has 12 heteroatoms. The highest BCUT2D eigenvalue weighted by molar-refractivity contribution is 7.89. The Balaban J connectivity index is 1.40. The summed E-state index contributed by atoms with van der Waals surface area (Å²) >= 11 is 7.07. The van der Waals surface area contributed by atoms with Crippen LogP contribution in [-0.4, -0.2) is 45.7 Å². The number of fused-ring (bicyclic) bond motifs is 3. The van der Waals surface area contributed by atoms with Crippen LogP contribution >= 0.6 is 22.9 Å². The maximum Gasteiger partial charge on any atom is 0.415 e. The van der Waals surface area contributed by atoms with E-state index < -0.39 is 22.2 Å². The van der Waals surface area contributed by atoms with Crippen LogP contribution in [0.25, 0.3) is 11.1 Å². The molecule has 0 aliphatic carbocycles. The fourth-order valence-corrected chi connectivity index (χ4v) is 6.01. The van der Waals surface area contributed by atoms with E-state index in [1.165, 1.54) is 22.3 Å².